The average molecular weight is 249 g/mol. The minimum Gasteiger partial charge on any atom is -0.504 e. The summed E-state index contributed by atoms with van der Waals surface area (Å²) in [4.78, 5) is 2.43. The SMILES string of the molecule is CCOc1cccc(CN2CCCC2(C)C)c1O. The van der Waals surface area contributed by atoms with Gasteiger partial charge in [0.25, 0.3) is 0 Å². The lowest BCUT2D eigenvalue weighted by Gasteiger charge is -2.31. The zero-order valence-electron chi connectivity index (χ0n) is 11.6. The quantitative estimate of drug-likeness (QED) is 0.889. The second kappa shape index (κ2) is 5.19. The van der Waals surface area contributed by atoms with Crippen LogP contribution in [0, 0.1) is 0 Å². The largest absolute Gasteiger partial charge is 0.504 e. The monoisotopic (exact) mass is 249 g/mol. The van der Waals surface area contributed by atoms with Crippen LogP contribution in [0.15, 0.2) is 18.2 Å². The number of ether oxygens (including phenoxy) is 1. The van der Waals surface area contributed by atoms with E-state index < -0.39 is 0 Å². The van der Waals surface area contributed by atoms with Gasteiger partial charge in [-0.25, -0.2) is 0 Å². The molecule has 100 valence electrons. The fourth-order valence-corrected chi connectivity index (χ4v) is 2.63. The highest BCUT2D eigenvalue weighted by Crippen LogP contribution is 2.35. The van der Waals surface area contributed by atoms with Gasteiger partial charge in [-0.05, 0) is 46.2 Å². The Balaban J connectivity index is 2.16. The van der Waals surface area contributed by atoms with Crippen molar-refractivity contribution in [2.24, 2.45) is 0 Å². The molecule has 0 unspecified atom stereocenters. The smallest absolute Gasteiger partial charge is 0.162 e. The van der Waals surface area contributed by atoms with E-state index in [9.17, 15) is 5.11 Å². The van der Waals surface area contributed by atoms with Crippen LogP contribution in [0.3, 0.4) is 0 Å². The summed E-state index contributed by atoms with van der Waals surface area (Å²) in [5.41, 5.74) is 1.18. The molecule has 1 fully saturated rings. The number of hydrogen-bond donors (Lipinski definition) is 1. The summed E-state index contributed by atoms with van der Waals surface area (Å²) >= 11 is 0. The number of phenolic OH excluding ortho intramolecular Hbond substituents is 1. The summed E-state index contributed by atoms with van der Waals surface area (Å²) < 4.78 is 5.43. The number of para-hydroxylation sites is 1. The van der Waals surface area contributed by atoms with Gasteiger partial charge in [0.2, 0.25) is 0 Å². The highest BCUT2D eigenvalue weighted by Gasteiger charge is 2.32. The van der Waals surface area contributed by atoms with Gasteiger partial charge in [0, 0.05) is 17.6 Å². The molecule has 1 aromatic rings. The van der Waals surface area contributed by atoms with E-state index >= 15 is 0 Å². The maximum atomic E-state index is 10.2. The Kier molecular flexibility index (Phi) is 3.81. The Bertz CT molecular complexity index is 415. The molecule has 2 rings (SSSR count). The lowest BCUT2D eigenvalue weighted by molar-refractivity contribution is 0.164. The molecule has 1 aromatic carbocycles. The molecule has 0 amide bonds. The number of aromatic hydroxyl groups is 1. The van der Waals surface area contributed by atoms with Crippen LogP contribution >= 0.6 is 0 Å². The molecule has 1 N–H and O–H groups in total. The van der Waals surface area contributed by atoms with Crippen LogP contribution in [0.25, 0.3) is 0 Å². The van der Waals surface area contributed by atoms with E-state index in [0.29, 0.717) is 18.1 Å². The van der Waals surface area contributed by atoms with Crippen molar-refractivity contribution in [2.75, 3.05) is 13.2 Å². The standard InChI is InChI=1S/C15H23NO2/c1-4-18-13-8-5-7-12(14(13)17)11-16-10-6-9-15(16,2)3/h5,7-8,17H,4,6,9-11H2,1-3H3. The molecule has 0 atom stereocenters. The van der Waals surface area contributed by atoms with Crippen molar-refractivity contribution in [3.8, 4) is 11.5 Å². The third-order valence-electron chi connectivity index (χ3n) is 3.82. The van der Waals surface area contributed by atoms with Crippen molar-refractivity contribution in [1.29, 1.82) is 0 Å². The van der Waals surface area contributed by atoms with E-state index in [1.165, 1.54) is 12.8 Å². The van der Waals surface area contributed by atoms with Crippen LogP contribution < -0.4 is 4.74 Å². The van der Waals surface area contributed by atoms with Crippen molar-refractivity contribution in [3.63, 3.8) is 0 Å². The fraction of sp³-hybridized carbons (Fsp3) is 0.600. The van der Waals surface area contributed by atoms with Gasteiger partial charge >= 0.3 is 0 Å². The lowest BCUT2D eigenvalue weighted by atomic mass is 10.0. The summed E-state index contributed by atoms with van der Waals surface area (Å²) in [5, 5.41) is 10.2. The van der Waals surface area contributed by atoms with Crippen molar-refractivity contribution in [3.05, 3.63) is 23.8 Å². The van der Waals surface area contributed by atoms with Gasteiger partial charge < -0.3 is 9.84 Å². The molecule has 1 aliphatic heterocycles. The first-order valence-corrected chi connectivity index (χ1v) is 6.73. The Morgan fingerprint density at radius 1 is 1.39 bits per heavy atom. The first kappa shape index (κ1) is 13.2. The van der Waals surface area contributed by atoms with Crippen LogP contribution in [-0.2, 0) is 6.54 Å². The third-order valence-corrected chi connectivity index (χ3v) is 3.82. The Morgan fingerprint density at radius 3 is 2.78 bits per heavy atom. The molecular formula is C15H23NO2. The zero-order valence-corrected chi connectivity index (χ0v) is 11.6. The van der Waals surface area contributed by atoms with Crippen molar-refractivity contribution in [2.45, 2.75) is 45.7 Å². The molecule has 0 radical (unpaired) electrons. The van der Waals surface area contributed by atoms with E-state index in [1.807, 2.05) is 25.1 Å². The first-order chi connectivity index (χ1) is 8.54. The van der Waals surface area contributed by atoms with Crippen molar-refractivity contribution >= 4 is 0 Å². The normalized spacial score (nSPS) is 19.1. The van der Waals surface area contributed by atoms with Gasteiger partial charge in [-0.2, -0.15) is 0 Å². The second-order valence-electron chi connectivity index (χ2n) is 5.53. The van der Waals surface area contributed by atoms with E-state index in [2.05, 4.69) is 18.7 Å². The number of likely N-dealkylation sites (tertiary alicyclic amines) is 1. The molecule has 0 saturated carbocycles. The molecule has 18 heavy (non-hydrogen) atoms. The maximum absolute atomic E-state index is 10.2. The summed E-state index contributed by atoms with van der Waals surface area (Å²) in [6, 6.07) is 5.74. The third kappa shape index (κ3) is 2.61. The first-order valence-electron chi connectivity index (χ1n) is 6.73. The number of benzene rings is 1. The summed E-state index contributed by atoms with van der Waals surface area (Å²) in [6.45, 7) is 8.93. The van der Waals surface area contributed by atoms with Crippen LogP contribution in [0.4, 0.5) is 0 Å². The molecule has 0 bridgehead atoms. The molecular weight excluding hydrogens is 226 g/mol. The Morgan fingerprint density at radius 2 is 2.17 bits per heavy atom. The fourth-order valence-electron chi connectivity index (χ4n) is 2.63. The highest BCUT2D eigenvalue weighted by atomic mass is 16.5. The Labute approximate surface area is 109 Å². The second-order valence-corrected chi connectivity index (χ2v) is 5.53. The topological polar surface area (TPSA) is 32.7 Å². The van der Waals surface area contributed by atoms with Gasteiger partial charge in [-0.3, -0.25) is 4.90 Å². The van der Waals surface area contributed by atoms with Gasteiger partial charge in [0.15, 0.2) is 11.5 Å². The van der Waals surface area contributed by atoms with E-state index in [1.54, 1.807) is 0 Å². The molecule has 0 spiro atoms. The Hall–Kier alpha value is -1.22. The van der Waals surface area contributed by atoms with Gasteiger partial charge in [-0.15, -0.1) is 0 Å². The number of phenols is 1. The molecule has 1 heterocycles. The number of nitrogens with zero attached hydrogens (tertiary/aromatic N) is 1. The summed E-state index contributed by atoms with van der Waals surface area (Å²) in [5.74, 6) is 0.883. The van der Waals surface area contributed by atoms with Crippen LogP contribution in [-0.4, -0.2) is 28.7 Å². The molecule has 1 aliphatic rings. The van der Waals surface area contributed by atoms with Gasteiger partial charge in [0.05, 0.1) is 6.61 Å². The van der Waals surface area contributed by atoms with Crippen molar-refractivity contribution in [1.82, 2.24) is 4.90 Å². The predicted octanol–water partition coefficient (Wildman–Crippen LogP) is 3.17. The average Bonchev–Trinajstić information content (AvgIpc) is 2.64. The molecule has 0 aliphatic carbocycles. The van der Waals surface area contributed by atoms with E-state index in [4.69, 9.17) is 4.74 Å². The van der Waals surface area contributed by atoms with Crippen LogP contribution in [0.1, 0.15) is 39.2 Å². The summed E-state index contributed by atoms with van der Waals surface area (Å²) in [7, 11) is 0. The number of hydrogen-bond acceptors (Lipinski definition) is 3. The minimum atomic E-state index is 0.230. The van der Waals surface area contributed by atoms with E-state index in [-0.39, 0.29) is 5.54 Å². The lowest BCUT2D eigenvalue weighted by Crippen LogP contribution is -2.37. The number of rotatable bonds is 4. The minimum absolute atomic E-state index is 0.230. The molecule has 3 heteroatoms. The van der Waals surface area contributed by atoms with Gasteiger partial charge in [-0.1, -0.05) is 12.1 Å². The van der Waals surface area contributed by atoms with Crippen molar-refractivity contribution < 1.29 is 9.84 Å². The molecule has 0 aromatic heterocycles. The highest BCUT2D eigenvalue weighted by molar-refractivity contribution is 5.45. The maximum Gasteiger partial charge on any atom is 0.162 e. The molecule has 3 nitrogen and oxygen atoms in total. The summed E-state index contributed by atoms with van der Waals surface area (Å²) in [6.07, 6.45) is 2.46. The predicted molar refractivity (Wildman–Crippen MR) is 73.0 cm³/mol. The van der Waals surface area contributed by atoms with E-state index in [0.717, 1.165) is 18.7 Å². The molecule has 1 saturated heterocycles. The zero-order chi connectivity index (χ0) is 13.2. The van der Waals surface area contributed by atoms with Gasteiger partial charge in [0.1, 0.15) is 0 Å². The van der Waals surface area contributed by atoms with Crippen LogP contribution in [0.5, 0.6) is 11.5 Å². The van der Waals surface area contributed by atoms with Crippen LogP contribution in [0.2, 0.25) is 0 Å².